The van der Waals surface area contributed by atoms with Gasteiger partial charge in [-0.1, -0.05) is 6.92 Å². The first-order chi connectivity index (χ1) is 8.83. The molecule has 0 unspecified atom stereocenters. The number of anilines is 1. The summed E-state index contributed by atoms with van der Waals surface area (Å²) in [6.07, 6.45) is 6.95. The highest BCUT2D eigenvalue weighted by molar-refractivity contribution is 5.44. The van der Waals surface area contributed by atoms with Crippen LogP contribution in [0.5, 0.6) is 0 Å². The van der Waals surface area contributed by atoms with Gasteiger partial charge in [0.15, 0.2) is 0 Å². The number of nitrogens with one attached hydrogen (secondary N) is 1. The molecule has 0 saturated carbocycles. The highest BCUT2D eigenvalue weighted by atomic mass is 16.3. The molecule has 0 aromatic carbocycles. The molecule has 0 amide bonds. The molecule has 1 aliphatic rings. The molecule has 4 nitrogen and oxygen atoms in total. The normalized spacial score (nSPS) is 18.9. The average molecular weight is 249 g/mol. The minimum absolute atomic E-state index is 0.237. The summed E-state index contributed by atoms with van der Waals surface area (Å²) in [7, 11) is 0. The van der Waals surface area contributed by atoms with Gasteiger partial charge in [0.05, 0.1) is 6.61 Å². The van der Waals surface area contributed by atoms with E-state index in [0.717, 1.165) is 32.4 Å². The first-order valence-corrected chi connectivity index (χ1v) is 6.85. The van der Waals surface area contributed by atoms with Crippen molar-refractivity contribution in [3.8, 4) is 0 Å². The summed E-state index contributed by atoms with van der Waals surface area (Å²) in [5.74, 6) is 0. The van der Waals surface area contributed by atoms with Gasteiger partial charge < -0.3 is 15.3 Å². The second kappa shape index (κ2) is 6.71. The van der Waals surface area contributed by atoms with Gasteiger partial charge in [0.1, 0.15) is 0 Å². The molecule has 0 radical (unpaired) electrons. The zero-order valence-corrected chi connectivity index (χ0v) is 11.0. The number of piperidine rings is 1. The monoisotopic (exact) mass is 249 g/mol. The molecular formula is C14H23N3O. The molecule has 1 atom stereocenters. The van der Waals surface area contributed by atoms with Crippen LogP contribution in [-0.4, -0.2) is 41.9 Å². The van der Waals surface area contributed by atoms with Crippen molar-refractivity contribution in [3.63, 3.8) is 0 Å². The van der Waals surface area contributed by atoms with E-state index in [1.807, 2.05) is 12.4 Å². The average Bonchev–Trinajstić information content (AvgIpc) is 2.46. The number of aliphatic hydroxyl groups excluding tert-OH is 1. The van der Waals surface area contributed by atoms with Crippen molar-refractivity contribution < 1.29 is 5.11 Å². The number of aliphatic hydroxyl groups is 1. The summed E-state index contributed by atoms with van der Waals surface area (Å²) in [6, 6.07) is 4.93. The van der Waals surface area contributed by atoms with Crippen LogP contribution in [0.25, 0.3) is 0 Å². The zero-order chi connectivity index (χ0) is 12.8. The van der Waals surface area contributed by atoms with Crippen molar-refractivity contribution in [1.29, 1.82) is 0 Å². The predicted molar refractivity (Wildman–Crippen MR) is 73.8 cm³/mol. The van der Waals surface area contributed by atoms with E-state index in [2.05, 4.69) is 34.3 Å². The topological polar surface area (TPSA) is 48.4 Å². The molecule has 2 N–H and O–H groups in total. The Morgan fingerprint density at radius 1 is 1.39 bits per heavy atom. The molecule has 0 aliphatic carbocycles. The molecule has 1 saturated heterocycles. The van der Waals surface area contributed by atoms with E-state index in [-0.39, 0.29) is 12.6 Å². The molecule has 1 aliphatic heterocycles. The highest BCUT2D eigenvalue weighted by Gasteiger charge is 2.20. The van der Waals surface area contributed by atoms with Crippen molar-refractivity contribution in [2.24, 2.45) is 0 Å². The van der Waals surface area contributed by atoms with Gasteiger partial charge in [0.2, 0.25) is 0 Å². The lowest BCUT2D eigenvalue weighted by Crippen LogP contribution is -2.47. The first-order valence-electron chi connectivity index (χ1n) is 6.85. The van der Waals surface area contributed by atoms with Crippen molar-refractivity contribution in [3.05, 3.63) is 24.5 Å². The van der Waals surface area contributed by atoms with Gasteiger partial charge in [0, 0.05) is 43.3 Å². The summed E-state index contributed by atoms with van der Waals surface area (Å²) in [6.45, 7) is 4.49. The standard InChI is InChI=1S/C14H23N3O/c1-2-12(11-18)16-13-5-9-17(10-6-13)14-3-7-15-8-4-14/h3-4,7-8,12-13,16,18H,2,5-6,9-11H2,1H3/t12-/m0/s1. The van der Waals surface area contributed by atoms with Crippen LogP contribution in [0.1, 0.15) is 26.2 Å². The molecular weight excluding hydrogens is 226 g/mol. The highest BCUT2D eigenvalue weighted by Crippen LogP contribution is 2.19. The van der Waals surface area contributed by atoms with Gasteiger partial charge in [-0.15, -0.1) is 0 Å². The van der Waals surface area contributed by atoms with Crippen LogP contribution in [0.2, 0.25) is 0 Å². The summed E-state index contributed by atoms with van der Waals surface area (Å²) in [5.41, 5.74) is 1.26. The Morgan fingerprint density at radius 2 is 2.06 bits per heavy atom. The Balaban J connectivity index is 1.81. The van der Waals surface area contributed by atoms with Gasteiger partial charge >= 0.3 is 0 Å². The van der Waals surface area contributed by atoms with Crippen LogP contribution in [0, 0.1) is 0 Å². The van der Waals surface area contributed by atoms with Gasteiger partial charge in [-0.3, -0.25) is 4.98 Å². The van der Waals surface area contributed by atoms with Crippen LogP contribution in [0.15, 0.2) is 24.5 Å². The molecule has 0 spiro atoms. The lowest BCUT2D eigenvalue weighted by molar-refractivity contribution is 0.220. The number of rotatable bonds is 5. The molecule has 0 bridgehead atoms. The van der Waals surface area contributed by atoms with Crippen molar-refractivity contribution in [2.75, 3.05) is 24.6 Å². The molecule has 1 fully saturated rings. The van der Waals surface area contributed by atoms with E-state index in [1.165, 1.54) is 5.69 Å². The molecule has 100 valence electrons. The second-order valence-electron chi connectivity index (χ2n) is 4.92. The molecule has 4 heteroatoms. The quantitative estimate of drug-likeness (QED) is 0.828. The van der Waals surface area contributed by atoms with Gasteiger partial charge in [-0.25, -0.2) is 0 Å². The number of hydrogen-bond donors (Lipinski definition) is 2. The second-order valence-corrected chi connectivity index (χ2v) is 4.92. The van der Waals surface area contributed by atoms with Crippen molar-refractivity contribution >= 4 is 5.69 Å². The Labute approximate surface area is 109 Å². The number of hydrogen-bond acceptors (Lipinski definition) is 4. The van der Waals surface area contributed by atoms with Crippen LogP contribution < -0.4 is 10.2 Å². The van der Waals surface area contributed by atoms with Gasteiger partial charge in [-0.05, 0) is 31.4 Å². The predicted octanol–water partition coefficient (Wildman–Crippen LogP) is 1.41. The summed E-state index contributed by atoms with van der Waals surface area (Å²) in [5, 5.41) is 12.7. The van der Waals surface area contributed by atoms with Crippen LogP contribution in [-0.2, 0) is 0 Å². The summed E-state index contributed by atoms with van der Waals surface area (Å²) in [4.78, 5) is 6.45. The maximum atomic E-state index is 9.21. The largest absolute Gasteiger partial charge is 0.395 e. The minimum Gasteiger partial charge on any atom is -0.395 e. The maximum Gasteiger partial charge on any atom is 0.0584 e. The SMILES string of the molecule is CC[C@@H](CO)NC1CCN(c2ccncc2)CC1. The third kappa shape index (κ3) is 3.43. The van der Waals surface area contributed by atoms with Crippen LogP contribution in [0.3, 0.4) is 0 Å². The molecule has 1 aromatic heterocycles. The summed E-state index contributed by atoms with van der Waals surface area (Å²) < 4.78 is 0. The van der Waals surface area contributed by atoms with E-state index < -0.39 is 0 Å². The number of nitrogens with zero attached hydrogens (tertiary/aromatic N) is 2. The fourth-order valence-corrected chi connectivity index (χ4v) is 2.49. The molecule has 1 aromatic rings. The fraction of sp³-hybridized carbons (Fsp3) is 0.643. The van der Waals surface area contributed by atoms with E-state index >= 15 is 0 Å². The first kappa shape index (κ1) is 13.3. The molecule has 2 heterocycles. The van der Waals surface area contributed by atoms with Crippen molar-refractivity contribution in [1.82, 2.24) is 10.3 Å². The van der Waals surface area contributed by atoms with Crippen molar-refractivity contribution in [2.45, 2.75) is 38.3 Å². The lowest BCUT2D eigenvalue weighted by Gasteiger charge is -2.35. The van der Waals surface area contributed by atoms with E-state index in [1.54, 1.807) is 0 Å². The Bertz CT molecular complexity index is 332. The Kier molecular flexibility index (Phi) is 4.96. The number of pyridine rings is 1. The number of aromatic nitrogens is 1. The van der Waals surface area contributed by atoms with Crippen LogP contribution >= 0.6 is 0 Å². The Hall–Kier alpha value is -1.13. The van der Waals surface area contributed by atoms with Gasteiger partial charge in [0.25, 0.3) is 0 Å². The van der Waals surface area contributed by atoms with Crippen LogP contribution in [0.4, 0.5) is 5.69 Å². The third-order valence-electron chi connectivity index (χ3n) is 3.71. The van der Waals surface area contributed by atoms with E-state index in [4.69, 9.17) is 0 Å². The molecule has 2 rings (SSSR count). The minimum atomic E-state index is 0.237. The summed E-state index contributed by atoms with van der Waals surface area (Å²) >= 11 is 0. The Morgan fingerprint density at radius 3 is 2.61 bits per heavy atom. The third-order valence-corrected chi connectivity index (χ3v) is 3.71. The van der Waals surface area contributed by atoms with Gasteiger partial charge in [-0.2, -0.15) is 0 Å². The lowest BCUT2D eigenvalue weighted by atomic mass is 10.0. The van der Waals surface area contributed by atoms with E-state index in [0.29, 0.717) is 6.04 Å². The smallest absolute Gasteiger partial charge is 0.0584 e. The zero-order valence-electron chi connectivity index (χ0n) is 11.0. The maximum absolute atomic E-state index is 9.21. The fourth-order valence-electron chi connectivity index (χ4n) is 2.49. The van der Waals surface area contributed by atoms with E-state index in [9.17, 15) is 5.11 Å². The molecule has 18 heavy (non-hydrogen) atoms.